The zero-order valence-electron chi connectivity index (χ0n) is 14.9. The summed E-state index contributed by atoms with van der Waals surface area (Å²) in [5.41, 5.74) is 5.37. The fourth-order valence-electron chi connectivity index (χ4n) is 1.85. The van der Waals surface area contributed by atoms with Crippen molar-refractivity contribution in [3.8, 4) is 0 Å². The number of rotatable bonds is 8. The Morgan fingerprint density at radius 2 is 1.60 bits per heavy atom. The van der Waals surface area contributed by atoms with Crippen LogP contribution in [0.25, 0.3) is 0 Å². The van der Waals surface area contributed by atoms with Gasteiger partial charge in [0.1, 0.15) is 0 Å². The summed E-state index contributed by atoms with van der Waals surface area (Å²) in [6.07, 6.45) is -1.08. The number of hydrogen-bond donors (Lipinski definition) is 1. The molecule has 8 nitrogen and oxygen atoms in total. The van der Waals surface area contributed by atoms with Gasteiger partial charge in [0.05, 0.1) is 17.8 Å². The van der Waals surface area contributed by atoms with Crippen LogP contribution in [0.3, 0.4) is 0 Å². The van der Waals surface area contributed by atoms with Gasteiger partial charge in [-0.25, -0.2) is 4.79 Å². The molecule has 2 N–H and O–H groups in total. The highest BCUT2D eigenvalue weighted by atomic mass is 31.2. The SMILES string of the molecule is Cc1ccccc1C(=O)O/N=C(/C(N)=O)P(=O)(OC(C)C)OC(C)C. The maximum Gasteiger partial charge on any atom is 0.389 e. The van der Waals surface area contributed by atoms with Gasteiger partial charge in [-0.2, -0.15) is 0 Å². The van der Waals surface area contributed by atoms with E-state index in [9.17, 15) is 14.2 Å². The second-order valence-electron chi connectivity index (χ2n) is 5.78. The van der Waals surface area contributed by atoms with E-state index in [-0.39, 0.29) is 5.56 Å². The fraction of sp³-hybridized carbons (Fsp3) is 0.438. The molecule has 0 heterocycles. The minimum atomic E-state index is -4.16. The largest absolute Gasteiger partial charge is 0.389 e. The first-order valence-electron chi connectivity index (χ1n) is 7.69. The zero-order chi connectivity index (χ0) is 19.2. The third-order valence-corrected chi connectivity index (χ3v) is 4.98. The highest BCUT2D eigenvalue weighted by Gasteiger charge is 2.39. The molecule has 0 bridgehead atoms. The van der Waals surface area contributed by atoms with E-state index in [0.29, 0.717) is 5.56 Å². The van der Waals surface area contributed by atoms with Gasteiger partial charge in [0.2, 0.25) is 0 Å². The molecule has 0 saturated heterocycles. The van der Waals surface area contributed by atoms with E-state index in [1.807, 2.05) is 0 Å². The third-order valence-electron chi connectivity index (χ3n) is 2.76. The van der Waals surface area contributed by atoms with Crippen LogP contribution in [-0.4, -0.2) is 29.5 Å². The van der Waals surface area contributed by atoms with Gasteiger partial charge in [0.25, 0.3) is 11.4 Å². The summed E-state index contributed by atoms with van der Waals surface area (Å²) < 4.78 is 23.4. The van der Waals surface area contributed by atoms with Crippen molar-refractivity contribution in [2.75, 3.05) is 0 Å². The number of carbonyl (C=O) groups is 2. The molecule has 0 saturated carbocycles. The summed E-state index contributed by atoms with van der Waals surface area (Å²) in [5, 5.41) is 3.40. The number of amides is 1. The number of aryl methyl sites for hydroxylation is 1. The average Bonchev–Trinajstić information content (AvgIpc) is 2.45. The molecule has 0 atom stereocenters. The lowest BCUT2D eigenvalue weighted by atomic mass is 10.1. The van der Waals surface area contributed by atoms with Crippen LogP contribution in [0.2, 0.25) is 0 Å². The van der Waals surface area contributed by atoms with E-state index in [0.717, 1.165) is 0 Å². The molecule has 0 spiro atoms. The Labute approximate surface area is 146 Å². The molecule has 1 aromatic carbocycles. The van der Waals surface area contributed by atoms with Gasteiger partial charge in [-0.05, 0) is 46.2 Å². The Morgan fingerprint density at radius 3 is 2.04 bits per heavy atom. The number of carbonyl (C=O) groups excluding carboxylic acids is 2. The van der Waals surface area contributed by atoms with E-state index in [1.165, 1.54) is 6.07 Å². The smallest absolute Gasteiger partial charge is 0.364 e. The lowest BCUT2D eigenvalue weighted by Crippen LogP contribution is -2.27. The monoisotopic (exact) mass is 370 g/mol. The zero-order valence-corrected chi connectivity index (χ0v) is 15.8. The predicted octanol–water partition coefficient (Wildman–Crippen LogP) is 2.99. The first-order chi connectivity index (χ1) is 11.6. The summed E-state index contributed by atoms with van der Waals surface area (Å²) in [4.78, 5) is 28.6. The van der Waals surface area contributed by atoms with Crippen LogP contribution in [0, 0.1) is 6.92 Å². The molecular formula is C16H23N2O6P. The summed E-state index contributed by atoms with van der Waals surface area (Å²) in [6, 6.07) is 6.65. The molecule has 0 aliphatic rings. The molecule has 1 rings (SSSR count). The first-order valence-corrected chi connectivity index (χ1v) is 9.23. The Kier molecular flexibility index (Phi) is 7.48. The highest BCUT2D eigenvalue weighted by Crippen LogP contribution is 2.52. The van der Waals surface area contributed by atoms with Gasteiger partial charge >= 0.3 is 13.6 Å². The van der Waals surface area contributed by atoms with E-state index < -0.39 is 37.1 Å². The second kappa shape index (κ2) is 8.89. The molecule has 0 unspecified atom stereocenters. The number of benzene rings is 1. The van der Waals surface area contributed by atoms with Gasteiger partial charge < -0.3 is 19.6 Å². The van der Waals surface area contributed by atoms with Crippen molar-refractivity contribution in [1.82, 2.24) is 0 Å². The predicted molar refractivity (Wildman–Crippen MR) is 93.3 cm³/mol. The standard InChI is InChI=1S/C16H23N2O6P/c1-10(2)23-25(21,24-11(3)4)15(14(17)19)18-22-16(20)13-9-7-6-8-12(13)5/h6-11H,1-5H3,(H2,17,19)/b18-15-. The molecule has 9 heteroatoms. The van der Waals surface area contributed by atoms with Crippen LogP contribution < -0.4 is 5.73 Å². The van der Waals surface area contributed by atoms with E-state index in [4.69, 9.17) is 19.6 Å². The van der Waals surface area contributed by atoms with Crippen molar-refractivity contribution in [1.29, 1.82) is 0 Å². The van der Waals surface area contributed by atoms with Crippen LogP contribution in [0.5, 0.6) is 0 Å². The molecule has 138 valence electrons. The van der Waals surface area contributed by atoms with E-state index >= 15 is 0 Å². The maximum absolute atomic E-state index is 12.9. The summed E-state index contributed by atoms with van der Waals surface area (Å²) in [7, 11) is -4.16. The van der Waals surface area contributed by atoms with Gasteiger partial charge in [-0.15, -0.1) is 0 Å². The molecule has 0 fully saturated rings. The quantitative estimate of drug-likeness (QED) is 0.325. The Hall–Kier alpha value is -2.02. The second-order valence-corrected chi connectivity index (χ2v) is 7.62. The minimum Gasteiger partial charge on any atom is -0.364 e. The van der Waals surface area contributed by atoms with Gasteiger partial charge in [-0.1, -0.05) is 23.4 Å². The van der Waals surface area contributed by atoms with Crippen LogP contribution >= 0.6 is 7.60 Å². The van der Waals surface area contributed by atoms with Crippen molar-refractivity contribution in [3.63, 3.8) is 0 Å². The molecule has 0 aliphatic heterocycles. The van der Waals surface area contributed by atoms with Crippen LogP contribution in [0.4, 0.5) is 0 Å². The summed E-state index contributed by atoms with van der Waals surface area (Å²) in [6.45, 7) is 8.13. The number of nitrogens with zero attached hydrogens (tertiary/aromatic N) is 1. The number of primary amides is 1. The maximum atomic E-state index is 12.9. The third kappa shape index (κ3) is 6.08. The van der Waals surface area contributed by atoms with Gasteiger partial charge in [0.15, 0.2) is 0 Å². The minimum absolute atomic E-state index is 0.249. The highest BCUT2D eigenvalue weighted by molar-refractivity contribution is 7.75. The summed E-state index contributed by atoms with van der Waals surface area (Å²) >= 11 is 0. The fourth-order valence-corrected chi connectivity index (χ4v) is 3.62. The van der Waals surface area contributed by atoms with Crippen LogP contribution in [0.15, 0.2) is 29.4 Å². The van der Waals surface area contributed by atoms with Crippen molar-refractivity contribution in [3.05, 3.63) is 35.4 Å². The van der Waals surface area contributed by atoms with E-state index in [1.54, 1.807) is 52.8 Å². The van der Waals surface area contributed by atoms with Gasteiger partial charge in [0, 0.05) is 0 Å². The molecule has 1 aromatic rings. The average molecular weight is 370 g/mol. The normalized spacial score (nSPS) is 12.5. The van der Waals surface area contributed by atoms with Gasteiger partial charge in [-0.3, -0.25) is 9.36 Å². The van der Waals surface area contributed by atoms with Crippen molar-refractivity contribution in [2.24, 2.45) is 10.9 Å². The lowest BCUT2D eigenvalue weighted by molar-refractivity contribution is -0.111. The van der Waals surface area contributed by atoms with Crippen LogP contribution in [0.1, 0.15) is 43.6 Å². The Morgan fingerprint density at radius 1 is 1.08 bits per heavy atom. The van der Waals surface area contributed by atoms with E-state index in [2.05, 4.69) is 5.16 Å². The molecule has 0 aromatic heterocycles. The first kappa shape index (κ1) is 21.0. The van der Waals surface area contributed by atoms with Crippen molar-refractivity contribution in [2.45, 2.75) is 46.8 Å². The lowest BCUT2D eigenvalue weighted by Gasteiger charge is -2.22. The molecule has 0 radical (unpaired) electrons. The van der Waals surface area contributed by atoms with Crippen molar-refractivity contribution < 1.29 is 28.0 Å². The molecule has 0 aliphatic carbocycles. The molecule has 1 amide bonds. The molecule has 25 heavy (non-hydrogen) atoms. The number of oxime groups is 1. The van der Waals surface area contributed by atoms with Crippen LogP contribution in [-0.2, 0) is 23.2 Å². The Bertz CT molecular complexity index is 700. The van der Waals surface area contributed by atoms with Crippen molar-refractivity contribution >= 4 is 24.9 Å². The topological polar surface area (TPSA) is 117 Å². The molecular weight excluding hydrogens is 347 g/mol. The summed E-state index contributed by atoms with van der Waals surface area (Å²) in [5.74, 6) is -1.99. The Balaban J connectivity index is 3.17. The number of nitrogens with two attached hydrogens (primary N) is 1. The number of hydrogen-bond acceptors (Lipinski definition) is 7.